The highest BCUT2D eigenvalue weighted by molar-refractivity contribution is 9.11. The molecule has 0 atom stereocenters. The lowest BCUT2D eigenvalue weighted by atomic mass is 10.2. The number of urea groups is 1. The van der Waals surface area contributed by atoms with Gasteiger partial charge in [0.25, 0.3) is 0 Å². The zero-order valence-electron chi connectivity index (χ0n) is 9.91. The third-order valence-electron chi connectivity index (χ3n) is 2.52. The van der Waals surface area contributed by atoms with E-state index < -0.39 is 17.7 Å². The second-order valence-electron chi connectivity index (χ2n) is 3.87. The number of halogens is 4. The van der Waals surface area contributed by atoms with Gasteiger partial charge in [0.1, 0.15) is 11.6 Å². The van der Waals surface area contributed by atoms with Crippen molar-refractivity contribution in [1.82, 2.24) is 0 Å². The summed E-state index contributed by atoms with van der Waals surface area (Å²) in [5.41, 5.74) is 6.08. The molecule has 2 aromatic carbocycles. The molecule has 3 nitrogen and oxygen atoms in total. The predicted molar refractivity (Wildman–Crippen MR) is 79.9 cm³/mol. The second kappa shape index (κ2) is 5.88. The zero-order chi connectivity index (χ0) is 14.9. The third-order valence-corrected chi connectivity index (χ3v) is 3.79. The summed E-state index contributed by atoms with van der Waals surface area (Å²) in [6.45, 7) is 0. The molecule has 0 aliphatic carbocycles. The van der Waals surface area contributed by atoms with Crippen LogP contribution in [0.5, 0.6) is 0 Å². The van der Waals surface area contributed by atoms with Crippen molar-refractivity contribution >= 4 is 49.3 Å². The monoisotopic (exact) mass is 404 g/mol. The molecule has 0 spiro atoms. The van der Waals surface area contributed by atoms with E-state index in [4.69, 9.17) is 5.73 Å². The Morgan fingerprint density at radius 1 is 0.950 bits per heavy atom. The van der Waals surface area contributed by atoms with E-state index in [2.05, 4.69) is 31.9 Å². The molecule has 0 saturated heterocycles. The van der Waals surface area contributed by atoms with Crippen molar-refractivity contribution in [2.24, 2.45) is 5.73 Å². The first kappa shape index (κ1) is 14.9. The molecule has 2 amide bonds. The molecule has 0 aliphatic rings. The fourth-order valence-electron chi connectivity index (χ4n) is 1.69. The van der Waals surface area contributed by atoms with Crippen LogP contribution in [0, 0.1) is 11.6 Å². The molecule has 0 heterocycles. The number of benzene rings is 2. The highest BCUT2D eigenvalue weighted by atomic mass is 79.9. The lowest BCUT2D eigenvalue weighted by molar-refractivity contribution is 0.256. The van der Waals surface area contributed by atoms with Crippen molar-refractivity contribution in [3.05, 3.63) is 57.0 Å². The zero-order valence-corrected chi connectivity index (χ0v) is 13.1. The van der Waals surface area contributed by atoms with Crippen LogP contribution in [0.25, 0.3) is 0 Å². The van der Waals surface area contributed by atoms with E-state index in [0.717, 1.165) is 4.90 Å². The van der Waals surface area contributed by atoms with Crippen molar-refractivity contribution in [3.63, 3.8) is 0 Å². The Morgan fingerprint density at radius 2 is 1.35 bits per heavy atom. The van der Waals surface area contributed by atoms with Gasteiger partial charge in [-0.3, -0.25) is 4.90 Å². The Morgan fingerprint density at radius 3 is 1.65 bits per heavy atom. The summed E-state index contributed by atoms with van der Waals surface area (Å²) in [5, 5.41) is 0. The van der Waals surface area contributed by atoms with Gasteiger partial charge < -0.3 is 5.73 Å². The largest absolute Gasteiger partial charge is 0.351 e. The van der Waals surface area contributed by atoms with Gasteiger partial charge in [0.2, 0.25) is 0 Å². The fraction of sp³-hybridized carbons (Fsp3) is 0. The first-order chi connectivity index (χ1) is 9.40. The first-order valence-corrected chi connectivity index (χ1v) is 6.98. The Balaban J connectivity index is 2.59. The number of carbonyl (C=O) groups excluding carboxylic acids is 1. The van der Waals surface area contributed by atoms with Crippen LogP contribution >= 0.6 is 31.9 Å². The summed E-state index contributed by atoms with van der Waals surface area (Å²) in [5.74, 6) is -0.911. The van der Waals surface area contributed by atoms with Crippen molar-refractivity contribution in [1.29, 1.82) is 0 Å². The van der Waals surface area contributed by atoms with Crippen LogP contribution in [0.4, 0.5) is 25.0 Å². The maximum Gasteiger partial charge on any atom is 0.323 e. The number of rotatable bonds is 2. The predicted octanol–water partition coefficient (Wildman–Crippen LogP) is 4.71. The third kappa shape index (κ3) is 2.99. The lowest BCUT2D eigenvalue weighted by Gasteiger charge is -2.23. The van der Waals surface area contributed by atoms with Crippen molar-refractivity contribution in [2.75, 3.05) is 4.90 Å². The van der Waals surface area contributed by atoms with Gasteiger partial charge in [0, 0.05) is 8.95 Å². The maximum atomic E-state index is 13.1. The van der Waals surface area contributed by atoms with Gasteiger partial charge in [0.15, 0.2) is 0 Å². The molecule has 2 rings (SSSR count). The highest BCUT2D eigenvalue weighted by Gasteiger charge is 2.20. The summed E-state index contributed by atoms with van der Waals surface area (Å²) in [4.78, 5) is 12.8. The number of amides is 2. The first-order valence-electron chi connectivity index (χ1n) is 5.40. The van der Waals surface area contributed by atoms with Crippen molar-refractivity contribution in [3.8, 4) is 0 Å². The second-order valence-corrected chi connectivity index (χ2v) is 5.57. The average Bonchev–Trinajstić information content (AvgIpc) is 2.34. The van der Waals surface area contributed by atoms with Gasteiger partial charge in [0.05, 0.1) is 11.4 Å². The lowest BCUT2D eigenvalue weighted by Crippen LogP contribution is -2.32. The Bertz CT molecular complexity index is 628. The van der Waals surface area contributed by atoms with Gasteiger partial charge in [-0.2, -0.15) is 0 Å². The molecule has 2 aromatic rings. The van der Waals surface area contributed by atoms with Crippen LogP contribution in [0.15, 0.2) is 45.3 Å². The maximum absolute atomic E-state index is 13.1. The van der Waals surface area contributed by atoms with Crippen molar-refractivity contribution < 1.29 is 13.6 Å². The number of carbonyl (C=O) groups is 1. The standard InChI is InChI=1S/C13H8Br2F2N2O/c14-9-5-7(16)1-3-11(9)19(13(18)20)12-4-2-8(17)6-10(12)15/h1-6H,(H2,18,20). The number of primary amides is 1. The number of anilines is 2. The molecule has 7 heteroatoms. The molecule has 0 saturated carbocycles. The fourth-order valence-corrected chi connectivity index (χ4v) is 2.75. The van der Waals surface area contributed by atoms with Gasteiger partial charge >= 0.3 is 6.03 Å². The summed E-state index contributed by atoms with van der Waals surface area (Å²) in [6, 6.07) is 6.86. The van der Waals surface area contributed by atoms with Gasteiger partial charge in [-0.25, -0.2) is 13.6 Å². The van der Waals surface area contributed by atoms with Crippen LogP contribution in [0.1, 0.15) is 0 Å². The Hall–Kier alpha value is -1.47. The van der Waals surface area contributed by atoms with Crippen LogP contribution < -0.4 is 10.6 Å². The molecular formula is C13H8Br2F2N2O. The van der Waals surface area contributed by atoms with Gasteiger partial charge in [-0.05, 0) is 68.3 Å². The molecule has 20 heavy (non-hydrogen) atoms. The minimum absolute atomic E-state index is 0.353. The van der Waals surface area contributed by atoms with Gasteiger partial charge in [-0.1, -0.05) is 0 Å². The van der Waals surface area contributed by atoms with Crippen LogP contribution in [-0.2, 0) is 0 Å². The van der Waals surface area contributed by atoms with E-state index in [0.29, 0.717) is 20.3 Å². The molecule has 0 aromatic heterocycles. The molecule has 0 aliphatic heterocycles. The number of hydrogen-bond acceptors (Lipinski definition) is 1. The highest BCUT2D eigenvalue weighted by Crippen LogP contribution is 2.36. The molecule has 0 radical (unpaired) electrons. The average molecular weight is 406 g/mol. The quantitative estimate of drug-likeness (QED) is 0.772. The minimum atomic E-state index is -0.774. The van der Waals surface area contributed by atoms with E-state index >= 15 is 0 Å². The number of hydrogen-bond donors (Lipinski definition) is 1. The van der Waals surface area contributed by atoms with Gasteiger partial charge in [-0.15, -0.1) is 0 Å². The van der Waals surface area contributed by atoms with Crippen LogP contribution in [0.2, 0.25) is 0 Å². The van der Waals surface area contributed by atoms with E-state index in [-0.39, 0.29) is 0 Å². The number of nitrogens with two attached hydrogens (primary N) is 1. The molecule has 104 valence electrons. The summed E-state index contributed by atoms with van der Waals surface area (Å²) >= 11 is 6.35. The minimum Gasteiger partial charge on any atom is -0.351 e. The van der Waals surface area contributed by atoms with E-state index in [1.165, 1.54) is 36.4 Å². The SMILES string of the molecule is NC(=O)N(c1ccc(F)cc1Br)c1ccc(F)cc1Br. The molecule has 0 fully saturated rings. The molecule has 2 N–H and O–H groups in total. The summed E-state index contributed by atoms with van der Waals surface area (Å²) in [6.07, 6.45) is 0. The number of nitrogens with zero attached hydrogens (tertiary/aromatic N) is 1. The van der Waals surface area contributed by atoms with E-state index in [1.807, 2.05) is 0 Å². The Kier molecular flexibility index (Phi) is 4.39. The smallest absolute Gasteiger partial charge is 0.323 e. The molecular weight excluding hydrogens is 398 g/mol. The van der Waals surface area contributed by atoms with E-state index in [9.17, 15) is 13.6 Å². The molecule has 0 bridgehead atoms. The topological polar surface area (TPSA) is 46.3 Å². The summed E-state index contributed by atoms with van der Waals surface area (Å²) in [7, 11) is 0. The van der Waals surface area contributed by atoms with E-state index in [1.54, 1.807) is 0 Å². The normalized spacial score (nSPS) is 10.4. The van der Waals surface area contributed by atoms with Crippen LogP contribution in [0.3, 0.4) is 0 Å². The van der Waals surface area contributed by atoms with Crippen molar-refractivity contribution in [2.45, 2.75) is 0 Å². The van der Waals surface area contributed by atoms with Crippen LogP contribution in [-0.4, -0.2) is 6.03 Å². The molecule has 0 unspecified atom stereocenters. The Labute approximate surface area is 130 Å². The summed E-state index contributed by atoms with van der Waals surface area (Å²) < 4.78 is 27.0.